The second-order valence-corrected chi connectivity index (χ2v) is 7.93. The van der Waals surface area contributed by atoms with Gasteiger partial charge in [0, 0.05) is 16.3 Å². The quantitative estimate of drug-likeness (QED) is 0.557. The van der Waals surface area contributed by atoms with Crippen LogP contribution in [0.1, 0.15) is 37.9 Å². The summed E-state index contributed by atoms with van der Waals surface area (Å²) in [7, 11) is 1.55. The third-order valence-corrected chi connectivity index (χ3v) is 5.41. The van der Waals surface area contributed by atoms with Crippen LogP contribution < -0.4 is 20.1 Å². The number of nitrogens with one attached hydrogen (secondary N) is 2. The fraction of sp³-hybridized carbons (Fsp3) is 0.333. The van der Waals surface area contributed by atoms with E-state index in [0.717, 1.165) is 5.56 Å². The van der Waals surface area contributed by atoms with Crippen LogP contribution in [0.2, 0.25) is 5.02 Å². The van der Waals surface area contributed by atoms with Gasteiger partial charge in [-0.25, -0.2) is 9.59 Å². The minimum Gasteiger partial charge on any atom is -0.493 e. The molecule has 2 aromatic carbocycles. The van der Waals surface area contributed by atoms with Crippen molar-refractivity contribution < 1.29 is 23.8 Å². The van der Waals surface area contributed by atoms with Crippen molar-refractivity contribution in [1.29, 1.82) is 0 Å². The van der Waals surface area contributed by atoms with Crippen molar-refractivity contribution >= 4 is 23.6 Å². The van der Waals surface area contributed by atoms with Crippen molar-refractivity contribution in [2.75, 3.05) is 13.7 Å². The largest absolute Gasteiger partial charge is 0.493 e. The molecule has 2 N–H and O–H groups in total. The van der Waals surface area contributed by atoms with E-state index in [1.807, 2.05) is 32.0 Å². The number of hydrogen-bond acceptors (Lipinski definition) is 5. The van der Waals surface area contributed by atoms with Gasteiger partial charge in [-0.15, -0.1) is 0 Å². The number of rotatable bonds is 8. The Balaban J connectivity index is 2.00. The summed E-state index contributed by atoms with van der Waals surface area (Å²) >= 11 is 6.24. The summed E-state index contributed by atoms with van der Waals surface area (Å²) in [6.45, 7) is 6.01. The smallest absolute Gasteiger partial charge is 0.338 e. The van der Waals surface area contributed by atoms with Crippen LogP contribution >= 0.6 is 11.6 Å². The predicted octanol–water partition coefficient (Wildman–Crippen LogP) is 4.75. The van der Waals surface area contributed by atoms with E-state index in [2.05, 4.69) is 10.6 Å². The van der Waals surface area contributed by atoms with E-state index in [4.69, 9.17) is 25.8 Å². The average molecular weight is 459 g/mol. The van der Waals surface area contributed by atoms with Gasteiger partial charge >= 0.3 is 12.0 Å². The lowest BCUT2D eigenvalue weighted by atomic mass is 9.91. The normalized spacial score (nSPS) is 15.8. The van der Waals surface area contributed by atoms with Gasteiger partial charge in [-0.2, -0.15) is 0 Å². The number of hydrogen-bond donors (Lipinski definition) is 2. The zero-order chi connectivity index (χ0) is 23.3. The molecule has 7 nitrogen and oxygen atoms in total. The lowest BCUT2D eigenvalue weighted by Gasteiger charge is -2.31. The lowest BCUT2D eigenvalue weighted by Crippen LogP contribution is -2.47. The molecule has 3 rings (SSSR count). The Bertz CT molecular complexity index is 1030. The molecule has 1 heterocycles. The molecule has 0 aliphatic carbocycles. The van der Waals surface area contributed by atoms with Gasteiger partial charge < -0.3 is 24.8 Å². The molecule has 0 bridgehead atoms. The molecule has 1 atom stereocenters. The Kier molecular flexibility index (Phi) is 7.64. The van der Waals surface area contributed by atoms with Crippen LogP contribution in [0.25, 0.3) is 0 Å². The van der Waals surface area contributed by atoms with E-state index in [1.54, 1.807) is 38.3 Å². The maximum absolute atomic E-state index is 12.8. The highest BCUT2D eigenvalue weighted by Crippen LogP contribution is 2.36. The van der Waals surface area contributed by atoms with E-state index < -0.39 is 12.0 Å². The molecule has 0 saturated carbocycles. The van der Waals surface area contributed by atoms with Crippen molar-refractivity contribution in [1.82, 2.24) is 10.6 Å². The van der Waals surface area contributed by atoms with E-state index in [-0.39, 0.29) is 25.2 Å². The molecule has 2 amide bonds. The van der Waals surface area contributed by atoms with Crippen LogP contribution in [0, 0.1) is 5.92 Å². The second kappa shape index (κ2) is 10.4. The summed E-state index contributed by atoms with van der Waals surface area (Å²) in [5, 5.41) is 6.18. The number of halogens is 1. The molecule has 2 aromatic rings. The Morgan fingerprint density at radius 3 is 2.56 bits per heavy atom. The van der Waals surface area contributed by atoms with E-state index in [1.165, 1.54) is 0 Å². The Hall–Kier alpha value is -3.19. The fourth-order valence-corrected chi connectivity index (χ4v) is 3.67. The highest BCUT2D eigenvalue weighted by Gasteiger charge is 2.35. The number of ether oxygens (including phenoxy) is 3. The Labute approximate surface area is 192 Å². The van der Waals surface area contributed by atoms with Crippen LogP contribution in [0.5, 0.6) is 11.5 Å². The number of carbonyl (C=O) groups excluding carboxylic acids is 2. The third-order valence-electron chi connectivity index (χ3n) is 5.04. The first-order valence-corrected chi connectivity index (χ1v) is 10.8. The molecule has 1 unspecified atom stereocenters. The monoisotopic (exact) mass is 458 g/mol. The van der Waals surface area contributed by atoms with Crippen molar-refractivity contribution in [3.05, 3.63) is 69.9 Å². The van der Waals surface area contributed by atoms with Crippen molar-refractivity contribution in [3.63, 3.8) is 0 Å². The van der Waals surface area contributed by atoms with Gasteiger partial charge in [-0.1, -0.05) is 49.7 Å². The van der Waals surface area contributed by atoms with Gasteiger partial charge in [-0.05, 0) is 36.6 Å². The molecule has 0 saturated heterocycles. The number of allylic oxidation sites excluding steroid dienone is 1. The average Bonchev–Trinajstić information content (AvgIpc) is 2.77. The van der Waals surface area contributed by atoms with Crippen LogP contribution in [-0.4, -0.2) is 25.7 Å². The first-order valence-electron chi connectivity index (χ1n) is 10.4. The van der Waals surface area contributed by atoms with Gasteiger partial charge in [-0.3, -0.25) is 0 Å². The van der Waals surface area contributed by atoms with Crippen LogP contribution in [0.3, 0.4) is 0 Å². The van der Waals surface area contributed by atoms with Crippen molar-refractivity contribution in [3.8, 4) is 11.5 Å². The molecule has 1 aliphatic heterocycles. The maximum Gasteiger partial charge on any atom is 0.338 e. The number of urea groups is 1. The van der Waals surface area contributed by atoms with Crippen LogP contribution in [0.4, 0.5) is 4.79 Å². The van der Waals surface area contributed by atoms with Crippen LogP contribution in [-0.2, 0) is 16.1 Å². The number of amides is 2. The zero-order valence-electron chi connectivity index (χ0n) is 18.5. The van der Waals surface area contributed by atoms with Crippen LogP contribution in [0.15, 0.2) is 53.7 Å². The minimum atomic E-state index is -0.700. The molecular weight excluding hydrogens is 432 g/mol. The molecule has 170 valence electrons. The molecule has 0 radical (unpaired) electrons. The number of benzene rings is 2. The van der Waals surface area contributed by atoms with Gasteiger partial charge in [0.2, 0.25) is 0 Å². The first kappa shape index (κ1) is 23.5. The number of methoxy groups -OCH3 is 1. The molecule has 8 heteroatoms. The molecule has 32 heavy (non-hydrogen) atoms. The molecule has 0 fully saturated rings. The van der Waals surface area contributed by atoms with Gasteiger partial charge in [0.15, 0.2) is 11.5 Å². The fourth-order valence-electron chi connectivity index (χ4n) is 3.48. The predicted molar refractivity (Wildman–Crippen MR) is 122 cm³/mol. The van der Waals surface area contributed by atoms with E-state index in [9.17, 15) is 9.59 Å². The standard InChI is InChI=1S/C24H27ClN2O5/c1-5-31-23(28)20-21(14(2)3)26-24(29)27-22(20)15-10-11-18(30-4)19(12-15)32-13-16-8-6-7-9-17(16)25/h6-12,14,22H,5,13H2,1-4H3,(H2,26,27,29). The van der Waals surface area contributed by atoms with Crippen molar-refractivity contribution in [2.45, 2.75) is 33.4 Å². The first-order chi connectivity index (χ1) is 15.3. The third kappa shape index (κ3) is 5.16. The molecule has 1 aliphatic rings. The Morgan fingerprint density at radius 2 is 1.91 bits per heavy atom. The molecule has 0 aromatic heterocycles. The Morgan fingerprint density at radius 1 is 1.16 bits per heavy atom. The summed E-state index contributed by atoms with van der Waals surface area (Å²) < 4.78 is 16.7. The summed E-state index contributed by atoms with van der Waals surface area (Å²) in [4.78, 5) is 25.2. The zero-order valence-corrected chi connectivity index (χ0v) is 19.3. The topological polar surface area (TPSA) is 85.9 Å². The van der Waals surface area contributed by atoms with Gasteiger partial charge in [0.25, 0.3) is 0 Å². The summed E-state index contributed by atoms with van der Waals surface area (Å²) in [6.07, 6.45) is 0. The van der Waals surface area contributed by atoms with Crippen molar-refractivity contribution in [2.24, 2.45) is 5.92 Å². The lowest BCUT2D eigenvalue weighted by molar-refractivity contribution is -0.139. The summed E-state index contributed by atoms with van der Waals surface area (Å²) in [6, 6.07) is 11.6. The highest BCUT2D eigenvalue weighted by molar-refractivity contribution is 6.31. The summed E-state index contributed by atoms with van der Waals surface area (Å²) in [5.74, 6) is 0.416. The second-order valence-electron chi connectivity index (χ2n) is 7.52. The molecular formula is C24H27ClN2O5. The van der Waals surface area contributed by atoms with E-state index >= 15 is 0 Å². The minimum absolute atomic E-state index is 0.0860. The van der Waals surface area contributed by atoms with Gasteiger partial charge in [0.05, 0.1) is 25.3 Å². The summed E-state index contributed by atoms with van der Waals surface area (Å²) in [5.41, 5.74) is 2.39. The number of carbonyl (C=O) groups is 2. The van der Waals surface area contributed by atoms with E-state index in [0.29, 0.717) is 33.4 Å². The SMILES string of the molecule is CCOC(=O)C1=C(C(C)C)NC(=O)NC1c1ccc(OC)c(OCc2ccccc2Cl)c1. The highest BCUT2D eigenvalue weighted by atomic mass is 35.5. The maximum atomic E-state index is 12.8. The molecule has 0 spiro atoms. The van der Waals surface area contributed by atoms with Gasteiger partial charge in [0.1, 0.15) is 6.61 Å². The number of esters is 1.